The first-order valence-electron chi connectivity index (χ1n) is 5.09. The Balaban J connectivity index is 3.73. The van der Waals surface area contributed by atoms with Gasteiger partial charge in [-0.3, -0.25) is 4.79 Å². The van der Waals surface area contributed by atoms with E-state index in [1.165, 1.54) is 0 Å². The number of nitrogens with zero attached hydrogens (tertiary/aromatic N) is 1. The minimum atomic E-state index is 0.0878. The highest BCUT2D eigenvalue weighted by Crippen LogP contribution is 1.94. The molecule has 1 unspecified atom stereocenters. The largest absolute Gasteiger partial charge is 0.396 e. The van der Waals surface area contributed by atoms with Gasteiger partial charge in [0.05, 0.1) is 6.54 Å². The third kappa shape index (κ3) is 5.19. The number of hydrogen-bond donors (Lipinski definition) is 2. The van der Waals surface area contributed by atoms with Crippen molar-refractivity contribution in [3.63, 3.8) is 0 Å². The number of aliphatic hydroxyl groups is 1. The van der Waals surface area contributed by atoms with Crippen molar-refractivity contribution in [2.45, 2.75) is 39.3 Å². The number of carbonyl (C=O) groups excluding carboxylic acids is 1. The normalized spacial score (nSPS) is 13.0. The molecule has 0 aromatic carbocycles. The van der Waals surface area contributed by atoms with Crippen LogP contribution in [0.4, 0.5) is 0 Å². The zero-order chi connectivity index (χ0) is 11.1. The van der Waals surface area contributed by atoms with E-state index in [4.69, 9.17) is 5.11 Å². The van der Waals surface area contributed by atoms with E-state index < -0.39 is 0 Å². The number of rotatable bonds is 6. The van der Waals surface area contributed by atoms with E-state index in [0.29, 0.717) is 13.0 Å². The summed E-state index contributed by atoms with van der Waals surface area (Å²) < 4.78 is 0. The zero-order valence-electron chi connectivity index (χ0n) is 9.58. The molecule has 0 aliphatic rings. The monoisotopic (exact) mass is 202 g/mol. The van der Waals surface area contributed by atoms with E-state index in [9.17, 15) is 4.79 Å². The SMILES string of the molecule is CC(CCO)NCC(=O)N(C)C(C)C. The van der Waals surface area contributed by atoms with E-state index in [2.05, 4.69) is 5.32 Å². The first kappa shape index (κ1) is 13.4. The molecule has 0 radical (unpaired) electrons. The Labute approximate surface area is 86.3 Å². The third-order valence-corrected chi connectivity index (χ3v) is 2.33. The van der Waals surface area contributed by atoms with Crippen molar-refractivity contribution < 1.29 is 9.90 Å². The molecule has 0 aliphatic carbocycles. The van der Waals surface area contributed by atoms with Crippen LogP contribution in [0.2, 0.25) is 0 Å². The predicted octanol–water partition coefficient (Wildman–Crippen LogP) is 0.214. The van der Waals surface area contributed by atoms with Crippen molar-refractivity contribution in [1.82, 2.24) is 10.2 Å². The highest BCUT2D eigenvalue weighted by molar-refractivity contribution is 5.78. The summed E-state index contributed by atoms with van der Waals surface area (Å²) in [6.45, 7) is 6.42. The van der Waals surface area contributed by atoms with E-state index >= 15 is 0 Å². The van der Waals surface area contributed by atoms with E-state index in [1.54, 1.807) is 11.9 Å². The van der Waals surface area contributed by atoms with Crippen molar-refractivity contribution in [3.05, 3.63) is 0 Å². The number of carbonyl (C=O) groups is 1. The predicted molar refractivity (Wildman–Crippen MR) is 57.1 cm³/mol. The summed E-state index contributed by atoms with van der Waals surface area (Å²) in [5, 5.41) is 11.7. The molecule has 0 spiro atoms. The molecule has 0 aliphatic heterocycles. The number of amides is 1. The molecule has 0 aromatic heterocycles. The summed E-state index contributed by atoms with van der Waals surface area (Å²) in [6, 6.07) is 0.418. The summed E-state index contributed by atoms with van der Waals surface area (Å²) in [5.74, 6) is 0.0878. The Morgan fingerprint density at radius 1 is 1.43 bits per heavy atom. The molecule has 0 heterocycles. The molecule has 0 rings (SSSR count). The van der Waals surface area contributed by atoms with Gasteiger partial charge in [0, 0.05) is 25.7 Å². The van der Waals surface area contributed by atoms with Crippen LogP contribution in [0.15, 0.2) is 0 Å². The van der Waals surface area contributed by atoms with Crippen LogP contribution in [0.25, 0.3) is 0 Å². The lowest BCUT2D eigenvalue weighted by Crippen LogP contribution is -2.42. The molecule has 84 valence electrons. The highest BCUT2D eigenvalue weighted by Gasteiger charge is 2.12. The summed E-state index contributed by atoms with van der Waals surface area (Å²) in [7, 11) is 1.80. The minimum absolute atomic E-state index is 0.0878. The maximum Gasteiger partial charge on any atom is 0.236 e. The van der Waals surface area contributed by atoms with Gasteiger partial charge in [0.2, 0.25) is 5.91 Å². The lowest BCUT2D eigenvalue weighted by molar-refractivity contribution is -0.130. The van der Waals surface area contributed by atoms with Gasteiger partial charge < -0.3 is 15.3 Å². The van der Waals surface area contributed by atoms with Gasteiger partial charge in [-0.2, -0.15) is 0 Å². The van der Waals surface area contributed by atoms with Gasteiger partial charge in [-0.05, 0) is 27.2 Å². The van der Waals surface area contributed by atoms with Crippen LogP contribution in [-0.4, -0.2) is 48.2 Å². The highest BCUT2D eigenvalue weighted by atomic mass is 16.3. The van der Waals surface area contributed by atoms with E-state index in [0.717, 1.165) is 0 Å². The van der Waals surface area contributed by atoms with E-state index in [1.807, 2.05) is 20.8 Å². The number of hydrogen-bond acceptors (Lipinski definition) is 3. The Bertz CT molecular complexity index is 172. The topological polar surface area (TPSA) is 52.6 Å². The number of aliphatic hydroxyl groups excluding tert-OH is 1. The van der Waals surface area contributed by atoms with E-state index in [-0.39, 0.29) is 24.6 Å². The van der Waals surface area contributed by atoms with Gasteiger partial charge >= 0.3 is 0 Å². The Morgan fingerprint density at radius 3 is 2.43 bits per heavy atom. The summed E-state index contributed by atoms with van der Waals surface area (Å²) in [4.78, 5) is 13.2. The fourth-order valence-electron chi connectivity index (χ4n) is 0.970. The van der Waals surface area contributed by atoms with Crippen molar-refractivity contribution in [2.24, 2.45) is 0 Å². The molecule has 0 fully saturated rings. The molecular formula is C10H22N2O2. The van der Waals surface area contributed by atoms with Crippen molar-refractivity contribution in [2.75, 3.05) is 20.2 Å². The standard InChI is InChI=1S/C10H22N2O2/c1-8(2)12(4)10(14)7-11-9(3)5-6-13/h8-9,11,13H,5-7H2,1-4H3. The van der Waals surface area contributed by atoms with Crippen LogP contribution in [0.3, 0.4) is 0 Å². The molecular weight excluding hydrogens is 180 g/mol. The Morgan fingerprint density at radius 2 is 2.00 bits per heavy atom. The maximum absolute atomic E-state index is 11.5. The maximum atomic E-state index is 11.5. The van der Waals surface area contributed by atoms with Gasteiger partial charge in [-0.15, -0.1) is 0 Å². The molecule has 0 bridgehead atoms. The number of likely N-dealkylation sites (N-methyl/N-ethyl adjacent to an activating group) is 1. The average molecular weight is 202 g/mol. The van der Waals surface area contributed by atoms with Crippen molar-refractivity contribution >= 4 is 5.91 Å². The minimum Gasteiger partial charge on any atom is -0.396 e. The van der Waals surface area contributed by atoms with Gasteiger partial charge in [0.25, 0.3) is 0 Å². The molecule has 2 N–H and O–H groups in total. The Hall–Kier alpha value is -0.610. The first-order valence-corrected chi connectivity index (χ1v) is 5.09. The summed E-state index contributed by atoms with van der Waals surface area (Å²) in [5.41, 5.74) is 0. The molecule has 4 heteroatoms. The lowest BCUT2D eigenvalue weighted by Gasteiger charge is -2.22. The zero-order valence-corrected chi connectivity index (χ0v) is 9.58. The summed E-state index contributed by atoms with van der Waals surface area (Å²) in [6.07, 6.45) is 0.679. The quantitative estimate of drug-likeness (QED) is 0.647. The first-order chi connectivity index (χ1) is 6.49. The smallest absolute Gasteiger partial charge is 0.236 e. The van der Waals surface area contributed by atoms with Crippen molar-refractivity contribution in [1.29, 1.82) is 0 Å². The summed E-state index contributed by atoms with van der Waals surface area (Å²) >= 11 is 0. The van der Waals surface area contributed by atoms with Crippen LogP contribution in [0.1, 0.15) is 27.2 Å². The number of nitrogens with one attached hydrogen (secondary N) is 1. The van der Waals surface area contributed by atoms with Crippen LogP contribution in [0.5, 0.6) is 0 Å². The third-order valence-electron chi connectivity index (χ3n) is 2.33. The molecule has 1 amide bonds. The second-order valence-electron chi connectivity index (χ2n) is 3.89. The van der Waals surface area contributed by atoms with Crippen LogP contribution in [-0.2, 0) is 4.79 Å². The molecule has 14 heavy (non-hydrogen) atoms. The van der Waals surface area contributed by atoms with Crippen LogP contribution in [0, 0.1) is 0 Å². The van der Waals surface area contributed by atoms with Crippen molar-refractivity contribution in [3.8, 4) is 0 Å². The second-order valence-corrected chi connectivity index (χ2v) is 3.89. The Kier molecular flexibility index (Phi) is 6.49. The van der Waals surface area contributed by atoms with Gasteiger partial charge in [0.15, 0.2) is 0 Å². The lowest BCUT2D eigenvalue weighted by atomic mass is 10.2. The van der Waals surface area contributed by atoms with Crippen LogP contribution < -0.4 is 5.32 Å². The molecule has 1 atom stereocenters. The molecule has 0 saturated carbocycles. The van der Waals surface area contributed by atoms with Gasteiger partial charge in [-0.1, -0.05) is 0 Å². The fraction of sp³-hybridized carbons (Fsp3) is 0.900. The van der Waals surface area contributed by atoms with Gasteiger partial charge in [-0.25, -0.2) is 0 Å². The van der Waals surface area contributed by atoms with Gasteiger partial charge in [0.1, 0.15) is 0 Å². The molecule has 0 aromatic rings. The molecule has 0 saturated heterocycles. The van der Waals surface area contributed by atoms with Crippen LogP contribution >= 0.6 is 0 Å². The second kappa shape index (κ2) is 6.79. The molecule has 4 nitrogen and oxygen atoms in total. The average Bonchev–Trinajstić information content (AvgIpc) is 2.13. The fourth-order valence-corrected chi connectivity index (χ4v) is 0.970.